The molecule has 134 valence electrons. The molecule has 1 N–H and O–H groups in total. The number of hydrogen-bond donors (Lipinski definition) is 1. The average molecular weight is 364 g/mol. The zero-order chi connectivity index (χ0) is 19.0. The molecule has 2 aromatic heterocycles. The molecular weight excluding hydrogens is 350 g/mol. The highest BCUT2D eigenvalue weighted by molar-refractivity contribution is 6.12. The van der Waals surface area contributed by atoms with Crippen molar-refractivity contribution in [3.8, 4) is 11.3 Å². The number of halogens is 2. The summed E-state index contributed by atoms with van der Waals surface area (Å²) in [7, 11) is 1.73. The molecular formula is C20H14F2N4O. The van der Waals surface area contributed by atoms with E-state index in [4.69, 9.17) is 0 Å². The van der Waals surface area contributed by atoms with Crippen molar-refractivity contribution < 1.29 is 13.6 Å². The van der Waals surface area contributed by atoms with Crippen molar-refractivity contribution in [2.75, 3.05) is 5.32 Å². The second-order valence-corrected chi connectivity index (χ2v) is 6.00. The Balaban J connectivity index is 1.81. The molecule has 0 unspecified atom stereocenters. The Morgan fingerprint density at radius 2 is 1.85 bits per heavy atom. The lowest BCUT2D eigenvalue weighted by Crippen LogP contribution is -2.14. The molecule has 0 aliphatic heterocycles. The van der Waals surface area contributed by atoms with Gasteiger partial charge >= 0.3 is 0 Å². The van der Waals surface area contributed by atoms with Crippen LogP contribution in [0, 0.1) is 11.6 Å². The number of hydrogen-bond acceptors (Lipinski definition) is 3. The van der Waals surface area contributed by atoms with Gasteiger partial charge in [-0.2, -0.15) is 5.10 Å². The number of pyridine rings is 1. The summed E-state index contributed by atoms with van der Waals surface area (Å²) in [5.41, 5.74) is 2.16. The highest BCUT2D eigenvalue weighted by Crippen LogP contribution is 2.26. The van der Waals surface area contributed by atoms with Crippen LogP contribution in [0.15, 0.2) is 60.8 Å². The van der Waals surface area contributed by atoms with E-state index >= 15 is 0 Å². The van der Waals surface area contributed by atoms with Gasteiger partial charge in [0.2, 0.25) is 0 Å². The SMILES string of the molecule is Cn1ncc2c(C(=O)Nc3ccc(F)cc3F)cc(-c3ccccc3)nc21. The quantitative estimate of drug-likeness (QED) is 0.594. The fourth-order valence-corrected chi connectivity index (χ4v) is 2.84. The molecule has 0 spiro atoms. The summed E-state index contributed by atoms with van der Waals surface area (Å²) < 4.78 is 28.6. The Morgan fingerprint density at radius 1 is 1.07 bits per heavy atom. The molecule has 0 radical (unpaired) electrons. The van der Waals surface area contributed by atoms with Crippen LogP contribution < -0.4 is 5.32 Å². The van der Waals surface area contributed by atoms with Crippen LogP contribution in [0.4, 0.5) is 14.5 Å². The van der Waals surface area contributed by atoms with Gasteiger partial charge < -0.3 is 5.32 Å². The van der Waals surface area contributed by atoms with Crippen molar-refractivity contribution >= 4 is 22.6 Å². The van der Waals surface area contributed by atoms with Gasteiger partial charge in [-0.3, -0.25) is 9.48 Å². The molecule has 7 heteroatoms. The number of aryl methyl sites for hydroxylation is 1. The predicted molar refractivity (Wildman–Crippen MR) is 98.3 cm³/mol. The number of nitrogens with zero attached hydrogens (tertiary/aromatic N) is 3. The second kappa shape index (κ2) is 6.60. The van der Waals surface area contributed by atoms with E-state index in [9.17, 15) is 13.6 Å². The molecule has 0 aliphatic carbocycles. The smallest absolute Gasteiger partial charge is 0.256 e. The molecule has 0 saturated heterocycles. The first-order valence-electron chi connectivity index (χ1n) is 8.17. The largest absolute Gasteiger partial charge is 0.319 e. The van der Waals surface area contributed by atoms with Gasteiger partial charge in [0.15, 0.2) is 5.65 Å². The minimum absolute atomic E-state index is 0.100. The van der Waals surface area contributed by atoms with Crippen molar-refractivity contribution in [3.05, 3.63) is 78.0 Å². The van der Waals surface area contributed by atoms with E-state index < -0.39 is 17.5 Å². The van der Waals surface area contributed by atoms with Crippen LogP contribution in [-0.4, -0.2) is 20.7 Å². The molecule has 1 amide bonds. The zero-order valence-electron chi connectivity index (χ0n) is 14.3. The third kappa shape index (κ3) is 3.15. The molecule has 2 heterocycles. The molecule has 27 heavy (non-hydrogen) atoms. The molecule has 0 saturated carbocycles. The van der Waals surface area contributed by atoms with E-state index in [-0.39, 0.29) is 5.69 Å². The first-order chi connectivity index (χ1) is 13.0. The van der Waals surface area contributed by atoms with Gasteiger partial charge in [0.05, 0.1) is 28.5 Å². The number of carbonyl (C=O) groups is 1. The highest BCUT2D eigenvalue weighted by Gasteiger charge is 2.18. The van der Waals surface area contributed by atoms with Crippen LogP contribution >= 0.6 is 0 Å². The van der Waals surface area contributed by atoms with Crippen LogP contribution in [0.3, 0.4) is 0 Å². The van der Waals surface area contributed by atoms with Crippen molar-refractivity contribution in [2.45, 2.75) is 0 Å². The van der Waals surface area contributed by atoms with Crippen LogP contribution in [0.25, 0.3) is 22.3 Å². The summed E-state index contributed by atoms with van der Waals surface area (Å²) in [6.07, 6.45) is 1.53. The van der Waals surface area contributed by atoms with E-state index in [2.05, 4.69) is 15.4 Å². The summed E-state index contributed by atoms with van der Waals surface area (Å²) in [5.74, 6) is -2.09. The predicted octanol–water partition coefficient (Wildman–Crippen LogP) is 4.17. The summed E-state index contributed by atoms with van der Waals surface area (Å²) in [6, 6.07) is 14.0. The number of benzene rings is 2. The third-order valence-corrected chi connectivity index (χ3v) is 4.20. The van der Waals surface area contributed by atoms with Gasteiger partial charge in [-0.1, -0.05) is 30.3 Å². The van der Waals surface area contributed by atoms with Crippen molar-refractivity contribution in [1.82, 2.24) is 14.8 Å². The minimum atomic E-state index is -0.844. The number of fused-ring (bicyclic) bond motifs is 1. The third-order valence-electron chi connectivity index (χ3n) is 4.20. The summed E-state index contributed by atoms with van der Waals surface area (Å²) in [4.78, 5) is 17.4. The highest BCUT2D eigenvalue weighted by atomic mass is 19.1. The van der Waals surface area contributed by atoms with Crippen molar-refractivity contribution in [2.24, 2.45) is 7.05 Å². The number of nitrogens with one attached hydrogen (secondary N) is 1. The first-order valence-corrected chi connectivity index (χ1v) is 8.17. The Kier molecular flexibility index (Phi) is 4.12. The molecule has 5 nitrogen and oxygen atoms in total. The molecule has 0 fully saturated rings. The Bertz CT molecular complexity index is 1160. The van der Waals surface area contributed by atoms with Gasteiger partial charge in [-0.15, -0.1) is 0 Å². The number of rotatable bonds is 3. The zero-order valence-corrected chi connectivity index (χ0v) is 14.3. The van der Waals surface area contributed by atoms with E-state index in [1.165, 1.54) is 12.3 Å². The van der Waals surface area contributed by atoms with Gasteiger partial charge in [-0.25, -0.2) is 13.8 Å². The second-order valence-electron chi connectivity index (χ2n) is 6.00. The average Bonchev–Trinajstić information content (AvgIpc) is 3.05. The van der Waals surface area contributed by atoms with E-state index in [1.54, 1.807) is 17.8 Å². The standard InChI is InChI=1S/C20H14F2N4O/c1-26-19-15(11-23-26)14(10-18(24-19)12-5-3-2-4-6-12)20(27)25-17-8-7-13(21)9-16(17)22/h2-11H,1H3,(H,25,27). The maximum Gasteiger partial charge on any atom is 0.256 e. The monoisotopic (exact) mass is 364 g/mol. The van der Waals surface area contributed by atoms with E-state index in [1.807, 2.05) is 30.3 Å². The van der Waals surface area contributed by atoms with Crippen LogP contribution in [-0.2, 0) is 7.05 Å². The topological polar surface area (TPSA) is 59.8 Å². The van der Waals surface area contributed by atoms with E-state index in [0.29, 0.717) is 22.3 Å². The lowest BCUT2D eigenvalue weighted by atomic mass is 10.1. The summed E-state index contributed by atoms with van der Waals surface area (Å²) in [6.45, 7) is 0. The summed E-state index contributed by atoms with van der Waals surface area (Å²) >= 11 is 0. The molecule has 0 aliphatic rings. The van der Waals surface area contributed by atoms with Gasteiger partial charge in [0.1, 0.15) is 11.6 Å². The van der Waals surface area contributed by atoms with Crippen LogP contribution in [0.5, 0.6) is 0 Å². The fraction of sp³-hybridized carbons (Fsp3) is 0.0500. The maximum absolute atomic E-state index is 13.9. The number of aromatic nitrogens is 3. The lowest BCUT2D eigenvalue weighted by molar-refractivity contribution is 0.102. The fourth-order valence-electron chi connectivity index (χ4n) is 2.84. The molecule has 2 aromatic carbocycles. The normalized spacial score (nSPS) is 10.9. The Hall–Kier alpha value is -3.61. The van der Waals surface area contributed by atoms with Gasteiger partial charge in [-0.05, 0) is 18.2 Å². The maximum atomic E-state index is 13.9. The van der Waals surface area contributed by atoms with E-state index in [0.717, 1.165) is 17.7 Å². The van der Waals surface area contributed by atoms with Crippen LogP contribution in [0.2, 0.25) is 0 Å². The van der Waals surface area contributed by atoms with Gasteiger partial charge in [0.25, 0.3) is 5.91 Å². The minimum Gasteiger partial charge on any atom is -0.319 e. The number of amides is 1. The lowest BCUT2D eigenvalue weighted by Gasteiger charge is -2.09. The van der Waals surface area contributed by atoms with Gasteiger partial charge in [0, 0.05) is 18.7 Å². The van der Waals surface area contributed by atoms with Crippen LogP contribution in [0.1, 0.15) is 10.4 Å². The van der Waals surface area contributed by atoms with Crippen molar-refractivity contribution in [1.29, 1.82) is 0 Å². The molecule has 4 aromatic rings. The molecule has 0 bridgehead atoms. The number of carbonyl (C=O) groups excluding carboxylic acids is 1. The number of anilines is 1. The van der Waals surface area contributed by atoms with Crippen molar-refractivity contribution in [3.63, 3.8) is 0 Å². The Labute approximate surface area is 153 Å². The molecule has 4 rings (SSSR count). The molecule has 0 atom stereocenters. The first kappa shape index (κ1) is 16.8. The Morgan fingerprint density at radius 3 is 2.59 bits per heavy atom. The summed E-state index contributed by atoms with van der Waals surface area (Å²) in [5, 5.41) is 7.19.